The average Bonchev–Trinajstić information content (AvgIpc) is 2.90. The maximum Gasteiger partial charge on any atom is 0.243 e. The Morgan fingerprint density at radius 1 is 1.40 bits per heavy atom. The Morgan fingerprint density at radius 3 is 2.75 bits per heavy atom. The fourth-order valence-corrected chi connectivity index (χ4v) is 4.55. The molecule has 1 unspecified atom stereocenters. The topological polar surface area (TPSA) is 72.2 Å². The summed E-state index contributed by atoms with van der Waals surface area (Å²) in [7, 11) is -3.99. The van der Waals surface area contributed by atoms with Gasteiger partial charge in [0.15, 0.2) is 5.82 Å². The van der Waals surface area contributed by atoms with Crippen LogP contribution in [0.2, 0.25) is 0 Å². The second kappa shape index (κ2) is 6.38. The molecule has 1 aliphatic heterocycles. The van der Waals surface area contributed by atoms with E-state index in [0.717, 1.165) is 30.7 Å². The number of nitrogens with one attached hydrogen (secondary N) is 1. The normalized spacial score (nSPS) is 19.4. The van der Waals surface area contributed by atoms with Crippen LogP contribution in [0.3, 0.4) is 0 Å². The zero-order valence-electron chi connectivity index (χ0n) is 10.7. The number of rotatable bonds is 5. The zero-order chi connectivity index (χ0) is 14.8. The van der Waals surface area contributed by atoms with Crippen molar-refractivity contribution in [3.63, 3.8) is 0 Å². The van der Waals surface area contributed by atoms with Crippen LogP contribution in [0.1, 0.15) is 18.4 Å². The minimum atomic E-state index is -3.99. The van der Waals surface area contributed by atoms with Gasteiger partial charge in [0.25, 0.3) is 0 Å². The van der Waals surface area contributed by atoms with E-state index in [2.05, 4.69) is 4.72 Å². The van der Waals surface area contributed by atoms with Gasteiger partial charge < -0.3 is 5.73 Å². The summed E-state index contributed by atoms with van der Waals surface area (Å²) in [5.74, 6) is -0.941. The van der Waals surface area contributed by atoms with Crippen molar-refractivity contribution in [3.05, 3.63) is 29.3 Å². The highest BCUT2D eigenvalue weighted by Crippen LogP contribution is 2.26. The minimum Gasteiger partial charge on any atom is -0.326 e. The van der Waals surface area contributed by atoms with Gasteiger partial charge in [-0.15, -0.1) is 0 Å². The summed E-state index contributed by atoms with van der Waals surface area (Å²) < 4.78 is 53.8. The van der Waals surface area contributed by atoms with E-state index < -0.39 is 32.1 Å². The molecule has 1 aromatic carbocycles. The Kier molecular flexibility index (Phi) is 5.00. The van der Waals surface area contributed by atoms with Crippen molar-refractivity contribution >= 4 is 21.8 Å². The van der Waals surface area contributed by atoms with E-state index in [1.54, 1.807) is 11.8 Å². The summed E-state index contributed by atoms with van der Waals surface area (Å²) in [4.78, 5) is -0.553. The molecule has 0 aliphatic carbocycles. The van der Waals surface area contributed by atoms with E-state index in [4.69, 9.17) is 5.73 Å². The Hall–Kier alpha value is -0.700. The number of halogens is 2. The summed E-state index contributed by atoms with van der Waals surface area (Å²) >= 11 is 1.69. The lowest BCUT2D eigenvalue weighted by atomic mass is 10.2. The highest BCUT2D eigenvalue weighted by Gasteiger charge is 2.25. The lowest BCUT2D eigenvalue weighted by Crippen LogP contribution is -2.30. The molecule has 0 spiro atoms. The quantitative estimate of drug-likeness (QED) is 0.864. The highest BCUT2D eigenvalue weighted by molar-refractivity contribution is 8.00. The summed E-state index contributed by atoms with van der Waals surface area (Å²) in [5.41, 5.74) is 4.82. The zero-order valence-corrected chi connectivity index (χ0v) is 12.4. The van der Waals surface area contributed by atoms with Crippen molar-refractivity contribution in [2.24, 2.45) is 5.73 Å². The van der Waals surface area contributed by atoms with Crippen LogP contribution in [-0.2, 0) is 16.6 Å². The molecule has 0 saturated carbocycles. The largest absolute Gasteiger partial charge is 0.326 e. The third-order valence-electron chi connectivity index (χ3n) is 3.17. The van der Waals surface area contributed by atoms with Crippen LogP contribution in [0.15, 0.2) is 17.0 Å². The van der Waals surface area contributed by atoms with Gasteiger partial charge in [0, 0.05) is 23.9 Å². The van der Waals surface area contributed by atoms with E-state index in [-0.39, 0.29) is 18.3 Å². The Morgan fingerprint density at radius 2 is 2.15 bits per heavy atom. The first kappa shape index (κ1) is 15.7. The molecule has 1 fully saturated rings. The van der Waals surface area contributed by atoms with Gasteiger partial charge >= 0.3 is 0 Å². The standard InChI is InChI=1S/C12H16F2N2O2S2/c13-10-3-4-11(12(14)9(10)6-15)20(17,18)16-7-8-2-1-5-19-8/h3-4,8,16H,1-2,5-7,15H2. The molecule has 3 N–H and O–H groups in total. The number of benzene rings is 1. The number of hydrogen-bond acceptors (Lipinski definition) is 4. The first-order valence-electron chi connectivity index (χ1n) is 6.24. The van der Waals surface area contributed by atoms with Gasteiger partial charge in [-0.2, -0.15) is 11.8 Å². The van der Waals surface area contributed by atoms with E-state index in [1.165, 1.54) is 0 Å². The van der Waals surface area contributed by atoms with Crippen molar-refractivity contribution in [2.45, 2.75) is 29.5 Å². The van der Waals surface area contributed by atoms with Gasteiger partial charge in [-0.1, -0.05) is 0 Å². The molecule has 0 aromatic heterocycles. The van der Waals surface area contributed by atoms with Crippen LogP contribution in [-0.4, -0.2) is 26.0 Å². The molecule has 1 saturated heterocycles. The second-order valence-electron chi connectivity index (χ2n) is 4.53. The molecule has 20 heavy (non-hydrogen) atoms. The number of thioether (sulfide) groups is 1. The van der Waals surface area contributed by atoms with E-state index in [1.807, 2.05) is 0 Å². The molecule has 0 radical (unpaired) electrons. The molecule has 112 valence electrons. The highest BCUT2D eigenvalue weighted by atomic mass is 32.2. The van der Waals surface area contributed by atoms with Gasteiger partial charge in [-0.25, -0.2) is 21.9 Å². The third-order valence-corrected chi connectivity index (χ3v) is 6.01. The van der Waals surface area contributed by atoms with E-state index in [0.29, 0.717) is 0 Å². The molecule has 0 amide bonds. The molecule has 1 aliphatic rings. The number of nitrogens with two attached hydrogens (primary N) is 1. The van der Waals surface area contributed by atoms with Crippen LogP contribution in [0.25, 0.3) is 0 Å². The number of hydrogen-bond donors (Lipinski definition) is 2. The summed E-state index contributed by atoms with van der Waals surface area (Å²) in [5, 5.41) is 0.210. The van der Waals surface area contributed by atoms with Gasteiger partial charge in [-0.3, -0.25) is 0 Å². The molecule has 4 nitrogen and oxygen atoms in total. The predicted octanol–water partition coefficient (Wildman–Crippen LogP) is 1.60. The second-order valence-corrected chi connectivity index (χ2v) is 7.67. The lowest BCUT2D eigenvalue weighted by Gasteiger charge is -2.13. The van der Waals surface area contributed by atoms with Gasteiger partial charge in [-0.05, 0) is 30.7 Å². The first-order valence-corrected chi connectivity index (χ1v) is 8.77. The third kappa shape index (κ3) is 3.30. The maximum absolute atomic E-state index is 14.0. The Labute approximate surface area is 121 Å². The molecule has 1 aromatic rings. The average molecular weight is 322 g/mol. The summed E-state index contributed by atoms with van der Waals surface area (Å²) in [6, 6.07) is 1.85. The van der Waals surface area contributed by atoms with Crippen LogP contribution < -0.4 is 10.5 Å². The maximum atomic E-state index is 14.0. The molecule has 8 heteroatoms. The van der Waals surface area contributed by atoms with Gasteiger partial charge in [0.2, 0.25) is 10.0 Å². The van der Waals surface area contributed by atoms with Crippen LogP contribution in [0.5, 0.6) is 0 Å². The lowest BCUT2D eigenvalue weighted by molar-refractivity contribution is 0.525. The SMILES string of the molecule is NCc1c(F)ccc(S(=O)(=O)NCC2CCCS2)c1F. The van der Waals surface area contributed by atoms with Gasteiger partial charge in [0.1, 0.15) is 10.7 Å². The van der Waals surface area contributed by atoms with Crippen molar-refractivity contribution in [1.29, 1.82) is 0 Å². The smallest absolute Gasteiger partial charge is 0.243 e. The minimum absolute atomic E-state index is 0.210. The van der Waals surface area contributed by atoms with E-state index >= 15 is 0 Å². The Balaban J connectivity index is 2.20. The molecular weight excluding hydrogens is 306 g/mol. The monoisotopic (exact) mass is 322 g/mol. The number of sulfonamides is 1. The first-order chi connectivity index (χ1) is 9.45. The summed E-state index contributed by atoms with van der Waals surface area (Å²) in [6.07, 6.45) is 1.99. The van der Waals surface area contributed by atoms with Crippen LogP contribution >= 0.6 is 11.8 Å². The fraction of sp³-hybridized carbons (Fsp3) is 0.500. The molecule has 1 heterocycles. The van der Waals surface area contributed by atoms with Crippen molar-refractivity contribution in [1.82, 2.24) is 4.72 Å². The predicted molar refractivity (Wildman–Crippen MR) is 74.9 cm³/mol. The van der Waals surface area contributed by atoms with Crippen molar-refractivity contribution in [3.8, 4) is 0 Å². The molecule has 1 atom stereocenters. The van der Waals surface area contributed by atoms with Crippen LogP contribution in [0.4, 0.5) is 8.78 Å². The fourth-order valence-electron chi connectivity index (χ4n) is 2.06. The molecule has 0 bridgehead atoms. The molecule has 2 rings (SSSR count). The van der Waals surface area contributed by atoms with Crippen molar-refractivity contribution in [2.75, 3.05) is 12.3 Å². The Bertz CT molecular complexity index is 587. The van der Waals surface area contributed by atoms with Crippen molar-refractivity contribution < 1.29 is 17.2 Å². The van der Waals surface area contributed by atoms with Gasteiger partial charge in [0.05, 0.1) is 0 Å². The summed E-state index contributed by atoms with van der Waals surface area (Å²) in [6.45, 7) is -0.138. The van der Waals surface area contributed by atoms with Crippen LogP contribution in [0, 0.1) is 11.6 Å². The molecular formula is C12H16F2N2O2S2. The van der Waals surface area contributed by atoms with E-state index in [9.17, 15) is 17.2 Å².